The number of nitrogens with zero attached hydrogens (tertiary/aromatic N) is 1. The number of rotatable bonds is 3. The molecule has 0 N–H and O–H groups in total. The van der Waals surface area contributed by atoms with E-state index in [4.69, 9.17) is 23.2 Å². The Hall–Kier alpha value is -0.240. The Balaban J connectivity index is 2.80. The summed E-state index contributed by atoms with van der Waals surface area (Å²) >= 11 is 12.2. The zero-order valence-electron chi connectivity index (χ0n) is 8.72. The molecular formula is C11H15Cl2N. The van der Waals surface area contributed by atoms with Crippen LogP contribution in [0.3, 0.4) is 0 Å². The fourth-order valence-electron chi connectivity index (χ4n) is 1.29. The second-order valence-electron chi connectivity index (χ2n) is 3.74. The van der Waals surface area contributed by atoms with Crippen molar-refractivity contribution in [3.63, 3.8) is 0 Å². The summed E-state index contributed by atoms with van der Waals surface area (Å²) in [7, 11) is 4.02. The topological polar surface area (TPSA) is 3.24 Å². The maximum absolute atomic E-state index is 6.24. The van der Waals surface area contributed by atoms with Gasteiger partial charge in [-0.3, -0.25) is 0 Å². The van der Waals surface area contributed by atoms with Crippen LogP contribution in [0, 0.1) is 6.92 Å². The molecule has 1 aromatic carbocycles. The lowest BCUT2D eigenvalue weighted by atomic mass is 10.1. The molecule has 1 nitrogen and oxygen atoms in total. The predicted octanol–water partition coefficient (Wildman–Crippen LogP) is 3.49. The number of halogens is 2. The third kappa shape index (κ3) is 3.16. The van der Waals surface area contributed by atoms with E-state index in [9.17, 15) is 0 Å². The van der Waals surface area contributed by atoms with E-state index in [1.54, 1.807) is 0 Å². The molecule has 1 rings (SSSR count). The molecule has 1 unspecified atom stereocenters. The number of benzene rings is 1. The van der Waals surface area contributed by atoms with Gasteiger partial charge in [0.25, 0.3) is 0 Å². The Bertz CT molecular complexity index is 310. The lowest BCUT2D eigenvalue weighted by Crippen LogP contribution is -2.17. The first kappa shape index (κ1) is 11.8. The third-order valence-corrected chi connectivity index (χ3v) is 2.88. The first-order valence-corrected chi connectivity index (χ1v) is 5.37. The van der Waals surface area contributed by atoms with E-state index in [1.165, 1.54) is 0 Å². The standard InChI is InChI=1S/C11H15Cl2N/c1-8-6-9(4-5-10(8)12)11(13)7-14(2)3/h4-6,11H,7H2,1-3H3. The van der Waals surface area contributed by atoms with Crippen molar-refractivity contribution in [2.24, 2.45) is 0 Å². The monoisotopic (exact) mass is 231 g/mol. The summed E-state index contributed by atoms with van der Waals surface area (Å²) < 4.78 is 0. The Morgan fingerprint density at radius 1 is 1.36 bits per heavy atom. The lowest BCUT2D eigenvalue weighted by molar-refractivity contribution is 0.408. The van der Waals surface area contributed by atoms with E-state index in [1.807, 2.05) is 39.2 Å². The molecule has 14 heavy (non-hydrogen) atoms. The predicted molar refractivity (Wildman–Crippen MR) is 63.3 cm³/mol. The summed E-state index contributed by atoms with van der Waals surface area (Å²) in [5.41, 5.74) is 2.20. The first-order valence-electron chi connectivity index (χ1n) is 4.55. The van der Waals surface area contributed by atoms with Gasteiger partial charge in [0, 0.05) is 11.6 Å². The molecule has 1 atom stereocenters. The second kappa shape index (κ2) is 5.01. The number of hydrogen-bond donors (Lipinski definition) is 0. The zero-order chi connectivity index (χ0) is 10.7. The summed E-state index contributed by atoms with van der Waals surface area (Å²) in [5.74, 6) is 0. The van der Waals surface area contributed by atoms with E-state index >= 15 is 0 Å². The van der Waals surface area contributed by atoms with Crippen LogP contribution in [-0.2, 0) is 0 Å². The molecule has 0 saturated carbocycles. The highest BCUT2D eigenvalue weighted by molar-refractivity contribution is 6.31. The van der Waals surface area contributed by atoms with E-state index in [0.29, 0.717) is 0 Å². The van der Waals surface area contributed by atoms with Crippen LogP contribution >= 0.6 is 23.2 Å². The van der Waals surface area contributed by atoms with E-state index < -0.39 is 0 Å². The number of aryl methyl sites for hydroxylation is 1. The normalized spacial score (nSPS) is 13.3. The van der Waals surface area contributed by atoms with Crippen molar-refractivity contribution in [2.75, 3.05) is 20.6 Å². The van der Waals surface area contributed by atoms with Gasteiger partial charge in [-0.25, -0.2) is 0 Å². The van der Waals surface area contributed by atoms with E-state index in [2.05, 4.69) is 4.90 Å². The highest BCUT2D eigenvalue weighted by Gasteiger charge is 2.09. The van der Waals surface area contributed by atoms with Gasteiger partial charge in [-0.1, -0.05) is 23.7 Å². The molecule has 0 spiro atoms. The van der Waals surface area contributed by atoms with Gasteiger partial charge in [0.15, 0.2) is 0 Å². The van der Waals surface area contributed by atoms with Crippen molar-refractivity contribution in [1.82, 2.24) is 4.90 Å². The Morgan fingerprint density at radius 3 is 2.50 bits per heavy atom. The molecule has 1 aromatic rings. The van der Waals surface area contributed by atoms with Crippen molar-refractivity contribution >= 4 is 23.2 Å². The fraction of sp³-hybridized carbons (Fsp3) is 0.455. The average molecular weight is 232 g/mol. The number of alkyl halides is 1. The van der Waals surface area contributed by atoms with Gasteiger partial charge >= 0.3 is 0 Å². The van der Waals surface area contributed by atoms with Gasteiger partial charge in [0.05, 0.1) is 5.38 Å². The largest absolute Gasteiger partial charge is 0.308 e. The van der Waals surface area contributed by atoms with Gasteiger partial charge in [0.1, 0.15) is 0 Å². The molecule has 0 saturated heterocycles. The highest BCUT2D eigenvalue weighted by Crippen LogP contribution is 2.25. The minimum Gasteiger partial charge on any atom is -0.308 e. The SMILES string of the molecule is Cc1cc(C(Cl)CN(C)C)ccc1Cl. The van der Waals surface area contributed by atoms with Crippen molar-refractivity contribution < 1.29 is 0 Å². The van der Waals surface area contributed by atoms with Crippen molar-refractivity contribution in [3.8, 4) is 0 Å². The van der Waals surface area contributed by atoms with Gasteiger partial charge in [-0.15, -0.1) is 11.6 Å². The van der Waals surface area contributed by atoms with Gasteiger partial charge < -0.3 is 4.90 Å². The number of likely N-dealkylation sites (N-methyl/N-ethyl adjacent to an activating group) is 1. The molecule has 3 heteroatoms. The molecule has 0 aliphatic carbocycles. The Kier molecular flexibility index (Phi) is 4.24. The van der Waals surface area contributed by atoms with Crippen molar-refractivity contribution in [2.45, 2.75) is 12.3 Å². The first-order chi connectivity index (χ1) is 6.50. The zero-order valence-corrected chi connectivity index (χ0v) is 10.2. The third-order valence-electron chi connectivity index (χ3n) is 2.07. The van der Waals surface area contributed by atoms with Crippen molar-refractivity contribution in [3.05, 3.63) is 34.3 Å². The van der Waals surface area contributed by atoms with E-state index in [0.717, 1.165) is 22.7 Å². The Morgan fingerprint density at radius 2 is 2.00 bits per heavy atom. The molecule has 0 radical (unpaired) electrons. The second-order valence-corrected chi connectivity index (χ2v) is 4.67. The molecule has 0 fully saturated rings. The summed E-state index contributed by atoms with van der Waals surface area (Å²) in [6.07, 6.45) is 0. The Labute approximate surface area is 95.6 Å². The molecule has 0 amide bonds. The smallest absolute Gasteiger partial charge is 0.0712 e. The van der Waals surface area contributed by atoms with E-state index in [-0.39, 0.29) is 5.38 Å². The summed E-state index contributed by atoms with van der Waals surface area (Å²) in [6.45, 7) is 2.83. The highest BCUT2D eigenvalue weighted by atomic mass is 35.5. The molecular weight excluding hydrogens is 217 g/mol. The molecule has 78 valence electrons. The summed E-state index contributed by atoms with van der Waals surface area (Å²) in [4.78, 5) is 2.07. The lowest BCUT2D eigenvalue weighted by Gasteiger charge is -2.16. The van der Waals surface area contributed by atoms with Crippen LogP contribution in [0.15, 0.2) is 18.2 Å². The summed E-state index contributed by atoms with van der Waals surface area (Å²) in [6, 6.07) is 5.93. The van der Waals surface area contributed by atoms with Crippen LogP contribution in [0.5, 0.6) is 0 Å². The molecule has 0 aromatic heterocycles. The fourth-order valence-corrected chi connectivity index (χ4v) is 1.82. The van der Waals surface area contributed by atoms with Crippen LogP contribution < -0.4 is 0 Å². The van der Waals surface area contributed by atoms with Crippen LogP contribution in [-0.4, -0.2) is 25.5 Å². The molecule has 0 bridgehead atoms. The van der Waals surface area contributed by atoms with Gasteiger partial charge in [-0.2, -0.15) is 0 Å². The van der Waals surface area contributed by atoms with Crippen molar-refractivity contribution in [1.29, 1.82) is 0 Å². The maximum Gasteiger partial charge on any atom is 0.0712 e. The quantitative estimate of drug-likeness (QED) is 0.721. The van der Waals surface area contributed by atoms with Crippen LogP contribution in [0.4, 0.5) is 0 Å². The van der Waals surface area contributed by atoms with Gasteiger partial charge in [0.2, 0.25) is 0 Å². The molecule has 0 aliphatic heterocycles. The number of hydrogen-bond acceptors (Lipinski definition) is 1. The van der Waals surface area contributed by atoms with Crippen LogP contribution in [0.1, 0.15) is 16.5 Å². The average Bonchev–Trinajstić information content (AvgIpc) is 2.08. The van der Waals surface area contributed by atoms with Crippen LogP contribution in [0.25, 0.3) is 0 Å². The molecule has 0 heterocycles. The van der Waals surface area contributed by atoms with Gasteiger partial charge in [-0.05, 0) is 38.2 Å². The summed E-state index contributed by atoms with van der Waals surface area (Å²) in [5, 5.41) is 0.823. The minimum atomic E-state index is 0.0287. The minimum absolute atomic E-state index is 0.0287. The molecule has 0 aliphatic rings. The van der Waals surface area contributed by atoms with Crippen LogP contribution in [0.2, 0.25) is 5.02 Å². The maximum atomic E-state index is 6.24.